The van der Waals surface area contributed by atoms with E-state index < -0.39 is 6.10 Å². The van der Waals surface area contributed by atoms with Crippen LogP contribution in [0.1, 0.15) is 31.9 Å². The Labute approximate surface area is 158 Å². The Hall–Kier alpha value is -2.73. The van der Waals surface area contributed by atoms with Gasteiger partial charge in [-0.2, -0.15) is 0 Å². The van der Waals surface area contributed by atoms with Crippen molar-refractivity contribution in [1.29, 1.82) is 0 Å². The molecule has 0 spiro atoms. The highest BCUT2D eigenvalue weighted by Gasteiger charge is 2.16. The number of pyridine rings is 1. The highest BCUT2D eigenvalue weighted by molar-refractivity contribution is 5.72. The van der Waals surface area contributed by atoms with Gasteiger partial charge in [-0.15, -0.1) is 0 Å². The number of benzene rings is 1. The van der Waals surface area contributed by atoms with Gasteiger partial charge in [0.2, 0.25) is 0 Å². The van der Waals surface area contributed by atoms with Crippen LogP contribution in [0.15, 0.2) is 47.7 Å². The molecule has 3 rings (SSSR count). The number of hydrogen-bond donors (Lipinski definition) is 1. The molecule has 0 radical (unpaired) electrons. The minimum absolute atomic E-state index is 0.0713. The Morgan fingerprint density at radius 2 is 2.00 bits per heavy atom. The van der Waals surface area contributed by atoms with E-state index in [0.717, 1.165) is 11.3 Å². The standard InChI is InChI=1S/C21H25N3O3/c1-14-10-15(21(2,3)4)7-8-18(14)27-12-16(25)11-24-13-23-19-17(20(24)26)6-5-9-22-19/h5-10,13,16,25H,11-12H2,1-4H3/t16-/m0/s1. The van der Waals surface area contributed by atoms with E-state index in [0.29, 0.717) is 11.0 Å². The number of nitrogens with zero attached hydrogens (tertiary/aromatic N) is 3. The van der Waals surface area contributed by atoms with Crippen molar-refractivity contribution in [2.45, 2.75) is 45.8 Å². The van der Waals surface area contributed by atoms with Crippen molar-refractivity contribution in [3.63, 3.8) is 0 Å². The van der Waals surface area contributed by atoms with Gasteiger partial charge in [-0.1, -0.05) is 32.9 Å². The van der Waals surface area contributed by atoms with Crippen LogP contribution in [0.4, 0.5) is 0 Å². The first-order chi connectivity index (χ1) is 12.8. The van der Waals surface area contributed by atoms with Crippen LogP contribution in [0.5, 0.6) is 5.75 Å². The number of aryl methyl sites for hydroxylation is 1. The molecule has 2 heterocycles. The van der Waals surface area contributed by atoms with E-state index >= 15 is 0 Å². The van der Waals surface area contributed by atoms with Crippen molar-refractivity contribution >= 4 is 11.0 Å². The summed E-state index contributed by atoms with van der Waals surface area (Å²) in [5.74, 6) is 0.732. The Morgan fingerprint density at radius 3 is 2.70 bits per heavy atom. The van der Waals surface area contributed by atoms with E-state index in [1.807, 2.05) is 19.1 Å². The Bertz CT molecular complexity index is 1010. The molecule has 0 amide bonds. The highest BCUT2D eigenvalue weighted by Crippen LogP contribution is 2.27. The average molecular weight is 367 g/mol. The van der Waals surface area contributed by atoms with Gasteiger partial charge < -0.3 is 9.84 Å². The van der Waals surface area contributed by atoms with E-state index in [4.69, 9.17) is 4.74 Å². The summed E-state index contributed by atoms with van der Waals surface area (Å²) in [5.41, 5.74) is 2.50. The van der Waals surface area contributed by atoms with Crippen LogP contribution in [0, 0.1) is 6.92 Å². The summed E-state index contributed by atoms with van der Waals surface area (Å²) in [7, 11) is 0. The van der Waals surface area contributed by atoms with Crippen molar-refractivity contribution < 1.29 is 9.84 Å². The molecule has 0 bridgehead atoms. The van der Waals surface area contributed by atoms with E-state index in [1.165, 1.54) is 16.5 Å². The van der Waals surface area contributed by atoms with Crippen molar-refractivity contribution in [1.82, 2.24) is 14.5 Å². The number of rotatable bonds is 5. The summed E-state index contributed by atoms with van der Waals surface area (Å²) in [6, 6.07) is 9.44. The summed E-state index contributed by atoms with van der Waals surface area (Å²) in [6.07, 6.45) is 2.17. The van der Waals surface area contributed by atoms with Crippen LogP contribution >= 0.6 is 0 Å². The fraction of sp³-hybridized carbons (Fsp3) is 0.381. The SMILES string of the molecule is Cc1cc(C(C)(C)C)ccc1OC[C@@H](O)Cn1cnc2ncccc2c1=O. The molecule has 6 heteroatoms. The van der Waals surface area contributed by atoms with Crippen LogP contribution in [-0.2, 0) is 12.0 Å². The second-order valence-corrected chi connectivity index (χ2v) is 7.77. The van der Waals surface area contributed by atoms with E-state index in [2.05, 4.69) is 36.8 Å². The third kappa shape index (κ3) is 4.34. The number of ether oxygens (including phenoxy) is 1. The Morgan fingerprint density at radius 1 is 1.22 bits per heavy atom. The molecule has 1 aromatic carbocycles. The zero-order valence-corrected chi connectivity index (χ0v) is 16.1. The Balaban J connectivity index is 1.68. The van der Waals surface area contributed by atoms with Crippen molar-refractivity contribution in [2.75, 3.05) is 6.61 Å². The first kappa shape index (κ1) is 19.0. The first-order valence-electron chi connectivity index (χ1n) is 8.98. The molecule has 0 fully saturated rings. The van der Waals surface area contributed by atoms with Crippen LogP contribution in [0.3, 0.4) is 0 Å². The van der Waals surface area contributed by atoms with E-state index in [9.17, 15) is 9.90 Å². The molecule has 0 aliphatic carbocycles. The largest absolute Gasteiger partial charge is 0.491 e. The normalized spacial score (nSPS) is 12.9. The van der Waals surface area contributed by atoms with Crippen molar-refractivity contribution in [3.8, 4) is 5.75 Å². The minimum atomic E-state index is -0.833. The lowest BCUT2D eigenvalue weighted by molar-refractivity contribution is 0.0911. The molecule has 0 aliphatic rings. The predicted molar refractivity (Wildman–Crippen MR) is 105 cm³/mol. The quantitative estimate of drug-likeness (QED) is 0.750. The maximum Gasteiger partial charge on any atom is 0.262 e. The van der Waals surface area contributed by atoms with Gasteiger partial charge in [-0.3, -0.25) is 9.36 Å². The lowest BCUT2D eigenvalue weighted by Crippen LogP contribution is -2.30. The van der Waals surface area contributed by atoms with Crippen LogP contribution in [-0.4, -0.2) is 32.4 Å². The molecule has 6 nitrogen and oxygen atoms in total. The first-order valence-corrected chi connectivity index (χ1v) is 8.98. The smallest absolute Gasteiger partial charge is 0.262 e. The van der Waals surface area contributed by atoms with Crippen LogP contribution in [0.2, 0.25) is 0 Å². The molecule has 142 valence electrons. The molecule has 0 aliphatic heterocycles. The van der Waals surface area contributed by atoms with Gasteiger partial charge in [0.15, 0.2) is 5.65 Å². The summed E-state index contributed by atoms with van der Waals surface area (Å²) < 4.78 is 7.15. The van der Waals surface area contributed by atoms with Gasteiger partial charge in [0, 0.05) is 6.20 Å². The van der Waals surface area contributed by atoms with Crippen LogP contribution < -0.4 is 10.3 Å². The molecular weight excluding hydrogens is 342 g/mol. The summed E-state index contributed by atoms with van der Waals surface area (Å²) in [4.78, 5) is 20.7. The number of fused-ring (bicyclic) bond motifs is 1. The molecule has 1 N–H and O–H groups in total. The lowest BCUT2D eigenvalue weighted by Gasteiger charge is -2.21. The molecule has 3 aromatic rings. The summed E-state index contributed by atoms with van der Waals surface area (Å²) in [5, 5.41) is 10.7. The topological polar surface area (TPSA) is 77.2 Å². The number of aliphatic hydroxyl groups excluding tert-OH is 1. The van der Waals surface area contributed by atoms with Crippen molar-refractivity contribution in [3.05, 3.63) is 64.3 Å². The molecule has 2 aromatic heterocycles. The molecule has 0 saturated heterocycles. The van der Waals surface area contributed by atoms with Gasteiger partial charge >= 0.3 is 0 Å². The predicted octanol–water partition coefficient (Wildman–Crippen LogP) is 2.84. The molecule has 0 saturated carbocycles. The van der Waals surface area contributed by atoms with Gasteiger partial charge in [0.25, 0.3) is 5.56 Å². The molecule has 27 heavy (non-hydrogen) atoms. The highest BCUT2D eigenvalue weighted by atomic mass is 16.5. The Kier molecular flexibility index (Phi) is 5.28. The minimum Gasteiger partial charge on any atom is -0.491 e. The average Bonchev–Trinajstić information content (AvgIpc) is 2.62. The maximum absolute atomic E-state index is 12.5. The van der Waals surface area contributed by atoms with Gasteiger partial charge in [-0.05, 0) is 41.7 Å². The van der Waals surface area contributed by atoms with Gasteiger partial charge in [0.1, 0.15) is 24.8 Å². The monoisotopic (exact) mass is 367 g/mol. The lowest BCUT2D eigenvalue weighted by atomic mass is 9.86. The maximum atomic E-state index is 12.5. The zero-order chi connectivity index (χ0) is 19.6. The second kappa shape index (κ2) is 7.48. The van der Waals surface area contributed by atoms with Crippen LogP contribution in [0.25, 0.3) is 11.0 Å². The number of aliphatic hydroxyl groups is 1. The summed E-state index contributed by atoms with van der Waals surface area (Å²) >= 11 is 0. The molecule has 1 atom stereocenters. The summed E-state index contributed by atoms with van der Waals surface area (Å²) in [6.45, 7) is 8.68. The molecular formula is C21H25N3O3. The second-order valence-electron chi connectivity index (χ2n) is 7.77. The number of hydrogen-bond acceptors (Lipinski definition) is 5. The fourth-order valence-corrected chi connectivity index (χ4v) is 2.87. The third-order valence-corrected chi connectivity index (χ3v) is 4.48. The third-order valence-electron chi connectivity index (χ3n) is 4.48. The molecule has 0 unspecified atom stereocenters. The fourth-order valence-electron chi connectivity index (χ4n) is 2.87. The zero-order valence-electron chi connectivity index (χ0n) is 16.1. The van der Waals surface area contributed by atoms with Gasteiger partial charge in [-0.25, -0.2) is 9.97 Å². The van der Waals surface area contributed by atoms with E-state index in [-0.39, 0.29) is 24.1 Å². The number of aromatic nitrogens is 3. The van der Waals surface area contributed by atoms with Crippen molar-refractivity contribution in [2.24, 2.45) is 0 Å². The van der Waals surface area contributed by atoms with E-state index in [1.54, 1.807) is 18.3 Å². The van der Waals surface area contributed by atoms with Gasteiger partial charge in [0.05, 0.1) is 11.9 Å².